The van der Waals surface area contributed by atoms with Gasteiger partial charge in [-0.25, -0.2) is 0 Å². The van der Waals surface area contributed by atoms with E-state index in [9.17, 15) is 19.5 Å². The zero-order chi connectivity index (χ0) is 15.3. The zero-order valence-corrected chi connectivity index (χ0v) is 12.4. The first-order valence-corrected chi connectivity index (χ1v) is 7.02. The highest BCUT2D eigenvalue weighted by atomic mass is 16.4. The zero-order valence-electron chi connectivity index (χ0n) is 12.4. The Labute approximate surface area is 119 Å². The standard InChI is InChI=1S/C14H24N2O4/c1-10(12(18)16(2)3)15-11(17)9-14(13(19)20)7-5-4-6-8-14/h10H,4-9H2,1-3H3,(H,15,17)(H,19,20). The lowest BCUT2D eigenvalue weighted by Crippen LogP contribution is -2.47. The molecule has 2 amide bonds. The fourth-order valence-corrected chi connectivity index (χ4v) is 2.74. The van der Waals surface area contributed by atoms with Crippen molar-refractivity contribution in [3.8, 4) is 0 Å². The molecule has 1 fully saturated rings. The van der Waals surface area contributed by atoms with Gasteiger partial charge in [0.1, 0.15) is 6.04 Å². The van der Waals surface area contributed by atoms with E-state index in [2.05, 4.69) is 5.32 Å². The van der Waals surface area contributed by atoms with E-state index in [0.29, 0.717) is 12.8 Å². The van der Waals surface area contributed by atoms with Gasteiger partial charge in [-0.05, 0) is 19.8 Å². The summed E-state index contributed by atoms with van der Waals surface area (Å²) in [5, 5.41) is 12.0. The van der Waals surface area contributed by atoms with Crippen molar-refractivity contribution in [1.82, 2.24) is 10.2 Å². The lowest BCUT2D eigenvalue weighted by molar-refractivity contribution is -0.154. The van der Waals surface area contributed by atoms with Crippen molar-refractivity contribution >= 4 is 17.8 Å². The molecule has 0 heterocycles. The van der Waals surface area contributed by atoms with Gasteiger partial charge >= 0.3 is 5.97 Å². The van der Waals surface area contributed by atoms with Crippen LogP contribution in [-0.4, -0.2) is 47.9 Å². The number of likely N-dealkylation sites (N-methyl/N-ethyl adjacent to an activating group) is 1. The van der Waals surface area contributed by atoms with Crippen molar-refractivity contribution in [2.24, 2.45) is 5.41 Å². The topological polar surface area (TPSA) is 86.7 Å². The molecule has 0 saturated heterocycles. The third-order valence-corrected chi connectivity index (χ3v) is 3.95. The number of nitrogens with one attached hydrogen (secondary N) is 1. The molecule has 0 bridgehead atoms. The predicted octanol–water partition coefficient (Wildman–Crippen LogP) is 1.00. The summed E-state index contributed by atoms with van der Waals surface area (Å²) in [5.41, 5.74) is -0.955. The molecule has 2 N–H and O–H groups in total. The Balaban J connectivity index is 2.63. The molecular formula is C14H24N2O4. The Morgan fingerprint density at radius 1 is 1.20 bits per heavy atom. The van der Waals surface area contributed by atoms with Gasteiger partial charge in [0.2, 0.25) is 11.8 Å². The lowest BCUT2D eigenvalue weighted by atomic mass is 9.71. The molecule has 114 valence electrons. The van der Waals surface area contributed by atoms with Crippen LogP contribution in [0.25, 0.3) is 0 Å². The van der Waals surface area contributed by atoms with Gasteiger partial charge in [-0.3, -0.25) is 14.4 Å². The first-order chi connectivity index (χ1) is 9.28. The molecule has 1 unspecified atom stereocenters. The second-order valence-electron chi connectivity index (χ2n) is 5.84. The summed E-state index contributed by atoms with van der Waals surface area (Å²) in [5.74, 6) is -1.47. The monoisotopic (exact) mass is 284 g/mol. The number of carboxylic acid groups (broad SMARTS) is 1. The Morgan fingerprint density at radius 3 is 2.20 bits per heavy atom. The molecule has 1 aliphatic carbocycles. The van der Waals surface area contributed by atoms with Crippen molar-refractivity contribution in [2.45, 2.75) is 51.5 Å². The predicted molar refractivity (Wildman–Crippen MR) is 74.1 cm³/mol. The molecule has 0 aromatic carbocycles. The van der Waals surface area contributed by atoms with E-state index < -0.39 is 17.4 Å². The minimum absolute atomic E-state index is 0.0482. The SMILES string of the molecule is CC(NC(=O)CC1(C(=O)O)CCCCC1)C(=O)N(C)C. The third-order valence-electron chi connectivity index (χ3n) is 3.95. The summed E-state index contributed by atoms with van der Waals surface area (Å²) >= 11 is 0. The number of amides is 2. The fourth-order valence-electron chi connectivity index (χ4n) is 2.74. The number of carboxylic acids is 1. The van der Waals surface area contributed by atoms with Crippen LogP contribution < -0.4 is 5.32 Å². The fraction of sp³-hybridized carbons (Fsp3) is 0.786. The normalized spacial score (nSPS) is 18.9. The Bertz CT molecular complexity index is 387. The summed E-state index contributed by atoms with van der Waals surface area (Å²) in [6, 6.07) is -0.632. The molecule has 6 nitrogen and oxygen atoms in total. The molecule has 0 aromatic rings. The largest absolute Gasteiger partial charge is 0.481 e. The molecule has 0 radical (unpaired) electrons. The average Bonchev–Trinajstić information content (AvgIpc) is 2.38. The minimum Gasteiger partial charge on any atom is -0.481 e. The Hall–Kier alpha value is -1.59. The number of rotatable bonds is 5. The molecule has 0 spiro atoms. The highest BCUT2D eigenvalue weighted by Crippen LogP contribution is 2.39. The number of aliphatic carboxylic acids is 1. The van der Waals surface area contributed by atoms with Gasteiger partial charge in [0.25, 0.3) is 0 Å². The van der Waals surface area contributed by atoms with Crippen LogP contribution in [-0.2, 0) is 14.4 Å². The number of hydrogen-bond donors (Lipinski definition) is 2. The molecule has 0 aliphatic heterocycles. The first kappa shape index (κ1) is 16.5. The van der Waals surface area contributed by atoms with Crippen LogP contribution in [0.5, 0.6) is 0 Å². The van der Waals surface area contributed by atoms with E-state index in [1.807, 2.05) is 0 Å². The molecule has 0 aromatic heterocycles. The Morgan fingerprint density at radius 2 is 1.75 bits per heavy atom. The second-order valence-corrected chi connectivity index (χ2v) is 5.84. The molecule has 6 heteroatoms. The maximum atomic E-state index is 12.0. The maximum Gasteiger partial charge on any atom is 0.310 e. The lowest BCUT2D eigenvalue weighted by Gasteiger charge is -2.32. The number of carbonyl (C=O) groups is 3. The summed E-state index contributed by atoms with van der Waals surface area (Å²) in [6.07, 6.45) is 3.72. The van der Waals surface area contributed by atoms with Gasteiger partial charge in [0.05, 0.1) is 5.41 Å². The van der Waals surface area contributed by atoms with Gasteiger partial charge in [-0.2, -0.15) is 0 Å². The van der Waals surface area contributed by atoms with Gasteiger partial charge in [0, 0.05) is 20.5 Å². The summed E-state index contributed by atoms with van der Waals surface area (Å²) in [7, 11) is 3.23. The third kappa shape index (κ3) is 3.95. The van der Waals surface area contributed by atoms with E-state index in [1.165, 1.54) is 4.90 Å². The van der Waals surface area contributed by atoms with Crippen molar-refractivity contribution in [3.63, 3.8) is 0 Å². The van der Waals surface area contributed by atoms with Gasteiger partial charge in [-0.15, -0.1) is 0 Å². The van der Waals surface area contributed by atoms with Crippen LogP contribution in [0.3, 0.4) is 0 Å². The summed E-state index contributed by atoms with van der Waals surface area (Å²) < 4.78 is 0. The van der Waals surface area contributed by atoms with Crippen LogP contribution >= 0.6 is 0 Å². The molecule has 20 heavy (non-hydrogen) atoms. The van der Waals surface area contributed by atoms with Gasteiger partial charge in [-0.1, -0.05) is 19.3 Å². The summed E-state index contributed by atoms with van der Waals surface area (Å²) in [4.78, 5) is 36.6. The maximum absolute atomic E-state index is 12.0. The number of carbonyl (C=O) groups excluding carboxylic acids is 2. The van der Waals surface area contributed by atoms with E-state index in [0.717, 1.165) is 19.3 Å². The number of nitrogens with zero attached hydrogens (tertiary/aromatic N) is 1. The van der Waals surface area contributed by atoms with Crippen molar-refractivity contribution < 1.29 is 19.5 Å². The van der Waals surface area contributed by atoms with Crippen LogP contribution in [0.1, 0.15) is 45.4 Å². The highest BCUT2D eigenvalue weighted by molar-refractivity contribution is 5.89. The molecule has 1 rings (SSSR count). The highest BCUT2D eigenvalue weighted by Gasteiger charge is 2.41. The average molecular weight is 284 g/mol. The number of hydrogen-bond acceptors (Lipinski definition) is 3. The van der Waals surface area contributed by atoms with E-state index >= 15 is 0 Å². The van der Waals surface area contributed by atoms with E-state index in [4.69, 9.17) is 0 Å². The molecule has 1 atom stereocenters. The first-order valence-electron chi connectivity index (χ1n) is 7.02. The van der Waals surface area contributed by atoms with Gasteiger partial charge < -0.3 is 15.3 Å². The van der Waals surface area contributed by atoms with Crippen LogP contribution in [0.2, 0.25) is 0 Å². The molecule has 1 saturated carbocycles. The van der Waals surface area contributed by atoms with Crippen molar-refractivity contribution in [1.29, 1.82) is 0 Å². The second kappa shape index (κ2) is 6.72. The van der Waals surface area contributed by atoms with Crippen molar-refractivity contribution in [2.75, 3.05) is 14.1 Å². The smallest absolute Gasteiger partial charge is 0.310 e. The van der Waals surface area contributed by atoms with Gasteiger partial charge in [0.15, 0.2) is 0 Å². The minimum atomic E-state index is -0.955. The van der Waals surface area contributed by atoms with E-state index in [1.54, 1.807) is 21.0 Å². The Kier molecular flexibility index (Phi) is 5.53. The van der Waals surface area contributed by atoms with Crippen molar-refractivity contribution in [3.05, 3.63) is 0 Å². The molecular weight excluding hydrogens is 260 g/mol. The van der Waals surface area contributed by atoms with E-state index in [-0.39, 0.29) is 18.2 Å². The summed E-state index contributed by atoms with van der Waals surface area (Å²) in [6.45, 7) is 1.61. The van der Waals surface area contributed by atoms with Crippen LogP contribution in [0.4, 0.5) is 0 Å². The quantitative estimate of drug-likeness (QED) is 0.788. The van der Waals surface area contributed by atoms with Crippen LogP contribution in [0, 0.1) is 5.41 Å². The molecule has 1 aliphatic rings. The van der Waals surface area contributed by atoms with Crippen LogP contribution in [0.15, 0.2) is 0 Å².